The van der Waals surface area contributed by atoms with Gasteiger partial charge in [-0.05, 0) is 80.0 Å². The van der Waals surface area contributed by atoms with Crippen LogP contribution in [0.2, 0.25) is 0 Å². The third-order valence-electron chi connectivity index (χ3n) is 9.07. The summed E-state index contributed by atoms with van der Waals surface area (Å²) in [5.41, 5.74) is 5.36. The second kappa shape index (κ2) is 15.0. The Bertz CT molecular complexity index is 1510. The van der Waals surface area contributed by atoms with Gasteiger partial charge >= 0.3 is 19.5 Å². The Morgan fingerprint density at radius 2 is 0.938 bits per heavy atom. The number of ether oxygens (including phenoxy) is 1. The van der Waals surface area contributed by atoms with Crippen molar-refractivity contribution in [1.29, 1.82) is 0 Å². The number of para-hydroxylation sites is 2. The minimum absolute atomic E-state index is 0. The van der Waals surface area contributed by atoms with Crippen molar-refractivity contribution in [3.05, 3.63) is 81.9 Å². The number of hydrogen-bond acceptors (Lipinski definition) is 5. The van der Waals surface area contributed by atoms with E-state index in [2.05, 4.69) is 83.1 Å². The number of aliphatic imine (C=N–C) groups is 2. The standard InChI is InChI=1S/C36H48N2O2.C6H10O.Zn/c1-33(2,3)25-17-23(31(39)27(19-25)35(7,8)9)21-37-29-15-13-14-16-30(29)38-22-24-18-26(34(4,5)6)20-28(32(24)40)36(10,11)12;1-2-4-6-5(3-1)7-6;/h13-22,39-40H,1-12H3;5-6H,1-4H2;/q;;+2/p-2/t;5-,6+;. The van der Waals surface area contributed by atoms with Crippen molar-refractivity contribution in [1.82, 2.24) is 0 Å². The molecule has 48 heavy (non-hydrogen) atoms. The van der Waals surface area contributed by atoms with E-state index < -0.39 is 0 Å². The molecule has 0 amide bonds. The summed E-state index contributed by atoms with van der Waals surface area (Å²) in [5, 5.41) is 26.8. The Balaban J connectivity index is 0.000000681. The van der Waals surface area contributed by atoms with Crippen molar-refractivity contribution >= 4 is 23.8 Å². The van der Waals surface area contributed by atoms with E-state index in [1.54, 1.807) is 12.4 Å². The average Bonchev–Trinajstić information content (AvgIpc) is 3.74. The number of hydrogen-bond donors (Lipinski definition) is 0. The molecular weight excluding hydrogens is 646 g/mol. The molecule has 1 saturated carbocycles. The maximum Gasteiger partial charge on any atom is 2.00 e. The van der Waals surface area contributed by atoms with Crippen LogP contribution in [0, 0.1) is 0 Å². The van der Waals surface area contributed by atoms with Crippen LogP contribution in [0.4, 0.5) is 11.4 Å². The number of rotatable bonds is 4. The van der Waals surface area contributed by atoms with Gasteiger partial charge in [-0.25, -0.2) is 0 Å². The predicted molar refractivity (Wildman–Crippen MR) is 195 cm³/mol. The SMILES string of the molecule is C1CC[C@H]2O[C@H]2C1.CC(C)(C)c1cc(C=Nc2ccccc2N=Cc2cc(C(C)(C)C)cc(C(C)(C)C)c2[O-])c([O-])c(C(C)(C)C)c1.[Zn+2]. The number of nitrogens with zero attached hydrogens (tertiary/aromatic N) is 2. The summed E-state index contributed by atoms with van der Waals surface area (Å²) in [7, 11) is 0. The Labute approximate surface area is 303 Å². The van der Waals surface area contributed by atoms with E-state index in [4.69, 9.17) is 14.7 Å². The van der Waals surface area contributed by atoms with Crippen LogP contribution < -0.4 is 10.2 Å². The summed E-state index contributed by atoms with van der Waals surface area (Å²) < 4.78 is 5.28. The average molecular weight is 702 g/mol. The topological polar surface area (TPSA) is 83.4 Å². The van der Waals surface area contributed by atoms with Gasteiger partial charge in [-0.1, -0.05) is 144 Å². The van der Waals surface area contributed by atoms with Gasteiger partial charge < -0.3 is 14.9 Å². The second-order valence-electron chi connectivity index (χ2n) is 17.4. The fourth-order valence-corrected chi connectivity index (χ4v) is 5.81. The number of epoxide rings is 1. The molecule has 254 valence electrons. The van der Waals surface area contributed by atoms with E-state index in [0.29, 0.717) is 34.7 Å². The van der Waals surface area contributed by atoms with E-state index >= 15 is 0 Å². The fourth-order valence-electron chi connectivity index (χ4n) is 5.81. The van der Waals surface area contributed by atoms with E-state index in [0.717, 1.165) is 22.3 Å². The normalized spacial score (nSPS) is 18.2. The fraction of sp³-hybridized carbons (Fsp3) is 0.524. The Morgan fingerprint density at radius 3 is 1.23 bits per heavy atom. The van der Waals surface area contributed by atoms with Gasteiger partial charge in [0.25, 0.3) is 0 Å². The molecule has 3 aromatic rings. The Hall–Kier alpha value is -2.82. The van der Waals surface area contributed by atoms with Crippen LogP contribution in [-0.2, 0) is 45.9 Å². The molecule has 2 atom stereocenters. The molecule has 0 N–H and O–H groups in total. The molecule has 0 spiro atoms. The Kier molecular flexibility index (Phi) is 12.4. The molecule has 2 fully saturated rings. The third kappa shape index (κ3) is 10.1. The summed E-state index contributed by atoms with van der Waals surface area (Å²) in [6.45, 7) is 25.2. The van der Waals surface area contributed by atoms with Gasteiger partial charge in [0.2, 0.25) is 0 Å². The van der Waals surface area contributed by atoms with Crippen LogP contribution in [0.1, 0.15) is 142 Å². The minimum atomic E-state index is -0.285. The number of fused-ring (bicyclic) bond motifs is 1. The van der Waals surface area contributed by atoms with Gasteiger partial charge in [0.05, 0.1) is 23.6 Å². The second-order valence-corrected chi connectivity index (χ2v) is 17.4. The molecule has 3 aromatic carbocycles. The molecule has 0 bridgehead atoms. The molecule has 6 heteroatoms. The molecule has 0 aromatic heterocycles. The van der Waals surface area contributed by atoms with Gasteiger partial charge in [-0.2, -0.15) is 0 Å². The quantitative estimate of drug-likeness (QED) is 0.154. The van der Waals surface area contributed by atoms with E-state index in [-0.39, 0.29) is 52.6 Å². The summed E-state index contributed by atoms with van der Waals surface area (Å²) in [6, 6.07) is 15.5. The van der Waals surface area contributed by atoms with Crippen LogP contribution in [0.25, 0.3) is 0 Å². The van der Waals surface area contributed by atoms with Gasteiger partial charge in [0, 0.05) is 12.4 Å². The van der Waals surface area contributed by atoms with Crippen molar-refractivity contribution < 1.29 is 34.4 Å². The monoisotopic (exact) mass is 700 g/mol. The third-order valence-corrected chi connectivity index (χ3v) is 9.07. The molecule has 1 aliphatic carbocycles. The van der Waals surface area contributed by atoms with Crippen molar-refractivity contribution in [3.8, 4) is 11.5 Å². The van der Waals surface area contributed by atoms with Gasteiger partial charge in [-0.3, -0.25) is 9.98 Å². The van der Waals surface area contributed by atoms with Crippen molar-refractivity contribution in [2.45, 2.75) is 143 Å². The maximum atomic E-state index is 13.4. The zero-order valence-corrected chi connectivity index (χ0v) is 34.6. The molecule has 1 heterocycles. The largest absolute Gasteiger partial charge is 2.00 e. The van der Waals surface area contributed by atoms with Crippen LogP contribution in [0.5, 0.6) is 11.5 Å². The first-order chi connectivity index (χ1) is 21.7. The molecule has 2 aliphatic rings. The van der Waals surface area contributed by atoms with Crippen LogP contribution in [0.3, 0.4) is 0 Å². The molecular formula is C42H56N2O3Zn. The smallest absolute Gasteiger partial charge is 0.872 e. The first-order valence-corrected chi connectivity index (χ1v) is 17.2. The summed E-state index contributed by atoms with van der Waals surface area (Å²) >= 11 is 0. The first-order valence-electron chi connectivity index (χ1n) is 17.2. The van der Waals surface area contributed by atoms with Crippen molar-refractivity contribution in [2.75, 3.05) is 0 Å². The van der Waals surface area contributed by atoms with Crippen LogP contribution >= 0.6 is 0 Å². The predicted octanol–water partition coefficient (Wildman–Crippen LogP) is 9.85. The van der Waals surface area contributed by atoms with Crippen LogP contribution in [0.15, 0.2) is 58.5 Å². The number of benzene rings is 3. The molecule has 1 saturated heterocycles. The molecule has 5 rings (SSSR count). The summed E-state index contributed by atoms with van der Waals surface area (Å²) in [6.07, 6.45) is 10.2. The molecule has 0 radical (unpaired) electrons. The van der Waals surface area contributed by atoms with Gasteiger partial charge in [-0.15, -0.1) is 0 Å². The summed E-state index contributed by atoms with van der Waals surface area (Å²) in [5.74, 6) is -0.00938. The van der Waals surface area contributed by atoms with Crippen molar-refractivity contribution in [2.24, 2.45) is 9.98 Å². The van der Waals surface area contributed by atoms with E-state index in [1.165, 1.54) is 25.7 Å². The van der Waals surface area contributed by atoms with Crippen LogP contribution in [-0.4, -0.2) is 24.6 Å². The molecule has 1 aliphatic heterocycles. The zero-order valence-electron chi connectivity index (χ0n) is 31.6. The molecule has 5 nitrogen and oxygen atoms in total. The zero-order chi connectivity index (χ0) is 34.9. The summed E-state index contributed by atoms with van der Waals surface area (Å²) in [4.78, 5) is 9.43. The minimum Gasteiger partial charge on any atom is -0.872 e. The van der Waals surface area contributed by atoms with E-state index in [1.807, 2.05) is 48.5 Å². The molecule has 0 unspecified atom stereocenters. The van der Waals surface area contributed by atoms with Gasteiger partial charge in [0.1, 0.15) is 0 Å². The first kappa shape index (κ1) is 39.6. The van der Waals surface area contributed by atoms with Gasteiger partial charge in [0.15, 0.2) is 0 Å². The maximum absolute atomic E-state index is 13.4. The Morgan fingerprint density at radius 1 is 0.583 bits per heavy atom. The van der Waals surface area contributed by atoms with Crippen molar-refractivity contribution in [3.63, 3.8) is 0 Å². The van der Waals surface area contributed by atoms with E-state index in [9.17, 15) is 10.2 Å².